The van der Waals surface area contributed by atoms with Gasteiger partial charge in [0, 0.05) is 30.3 Å². The molecular weight excluding hydrogens is 381 g/mol. The molecule has 1 aromatic carbocycles. The SMILES string of the molecule is CN1[C@@H]2CC[C@H]1CC(OC(=O)c1c(Cl)n(CC(F)(F)F)c3ccccc13)C2. The summed E-state index contributed by atoms with van der Waals surface area (Å²) in [5, 5.41) is 0.155. The lowest BCUT2D eigenvalue weighted by atomic mass is 10.0. The molecule has 2 aliphatic rings. The van der Waals surface area contributed by atoms with E-state index in [-0.39, 0.29) is 22.3 Å². The molecule has 0 radical (unpaired) electrons. The van der Waals surface area contributed by atoms with Crippen molar-refractivity contribution < 1.29 is 22.7 Å². The lowest BCUT2D eigenvalue weighted by Gasteiger charge is -2.35. The van der Waals surface area contributed by atoms with Gasteiger partial charge in [-0.05, 0) is 26.0 Å². The van der Waals surface area contributed by atoms with Crippen LogP contribution in [0.3, 0.4) is 0 Å². The maximum atomic E-state index is 13.0. The first-order valence-electron chi connectivity index (χ1n) is 9.01. The summed E-state index contributed by atoms with van der Waals surface area (Å²) in [5.74, 6) is -0.647. The van der Waals surface area contributed by atoms with Crippen molar-refractivity contribution in [2.45, 2.75) is 56.6 Å². The Bertz CT molecular complexity index is 866. The Labute approximate surface area is 159 Å². The minimum absolute atomic E-state index is 0.0165. The lowest BCUT2D eigenvalue weighted by Crippen LogP contribution is -2.43. The monoisotopic (exact) mass is 400 g/mol. The number of halogens is 4. The number of hydrogen-bond acceptors (Lipinski definition) is 3. The zero-order chi connectivity index (χ0) is 19.3. The van der Waals surface area contributed by atoms with Crippen molar-refractivity contribution >= 4 is 28.5 Å². The Kier molecular flexibility index (Phi) is 4.63. The van der Waals surface area contributed by atoms with Crippen LogP contribution in [-0.4, -0.2) is 46.8 Å². The first kappa shape index (κ1) is 18.6. The molecule has 2 aromatic rings. The molecule has 3 heterocycles. The first-order chi connectivity index (χ1) is 12.7. The second kappa shape index (κ2) is 6.71. The van der Waals surface area contributed by atoms with Crippen molar-refractivity contribution in [3.63, 3.8) is 0 Å². The molecule has 2 saturated heterocycles. The highest BCUT2D eigenvalue weighted by atomic mass is 35.5. The van der Waals surface area contributed by atoms with Gasteiger partial charge in [-0.1, -0.05) is 29.8 Å². The number of rotatable bonds is 3. The van der Waals surface area contributed by atoms with Gasteiger partial charge in [-0.15, -0.1) is 0 Å². The fourth-order valence-corrected chi connectivity index (χ4v) is 4.80. The molecule has 2 fully saturated rings. The third-order valence-electron chi connectivity index (χ3n) is 5.78. The van der Waals surface area contributed by atoms with E-state index in [0.29, 0.717) is 17.5 Å². The van der Waals surface area contributed by atoms with Crippen LogP contribution >= 0.6 is 11.6 Å². The van der Waals surface area contributed by atoms with E-state index in [1.807, 2.05) is 0 Å². The molecule has 0 saturated carbocycles. The molecule has 3 atom stereocenters. The van der Waals surface area contributed by atoms with E-state index in [0.717, 1.165) is 30.3 Å². The fraction of sp³-hybridized carbons (Fsp3) is 0.526. The smallest absolute Gasteiger partial charge is 0.406 e. The Balaban J connectivity index is 1.63. The summed E-state index contributed by atoms with van der Waals surface area (Å²) in [6.07, 6.45) is -1.01. The third kappa shape index (κ3) is 3.43. The van der Waals surface area contributed by atoms with Crippen molar-refractivity contribution in [2.24, 2.45) is 0 Å². The zero-order valence-electron chi connectivity index (χ0n) is 14.8. The molecule has 0 aliphatic carbocycles. The number of alkyl halides is 3. The molecule has 4 rings (SSSR count). The van der Waals surface area contributed by atoms with Crippen LogP contribution < -0.4 is 0 Å². The number of carbonyl (C=O) groups excluding carboxylic acids is 1. The van der Waals surface area contributed by atoms with Crippen LogP contribution in [0.5, 0.6) is 0 Å². The molecule has 0 N–H and O–H groups in total. The third-order valence-corrected chi connectivity index (χ3v) is 6.17. The summed E-state index contributed by atoms with van der Waals surface area (Å²) < 4.78 is 45.5. The molecule has 2 aliphatic heterocycles. The van der Waals surface area contributed by atoms with Gasteiger partial charge in [-0.3, -0.25) is 0 Å². The van der Waals surface area contributed by atoms with Crippen LogP contribution in [0.15, 0.2) is 24.3 Å². The maximum absolute atomic E-state index is 13.0. The molecule has 4 nitrogen and oxygen atoms in total. The van der Waals surface area contributed by atoms with Gasteiger partial charge in [-0.2, -0.15) is 13.2 Å². The van der Waals surface area contributed by atoms with E-state index in [1.165, 1.54) is 6.07 Å². The Morgan fingerprint density at radius 2 is 1.85 bits per heavy atom. The Morgan fingerprint density at radius 1 is 1.22 bits per heavy atom. The van der Waals surface area contributed by atoms with E-state index in [9.17, 15) is 18.0 Å². The average Bonchev–Trinajstić information content (AvgIpc) is 2.96. The summed E-state index contributed by atoms with van der Waals surface area (Å²) in [5.41, 5.74) is 0.290. The van der Waals surface area contributed by atoms with Crippen molar-refractivity contribution in [3.05, 3.63) is 35.0 Å². The van der Waals surface area contributed by atoms with E-state index in [1.54, 1.807) is 18.2 Å². The van der Waals surface area contributed by atoms with Crippen molar-refractivity contribution in [3.8, 4) is 0 Å². The van der Waals surface area contributed by atoms with Crippen molar-refractivity contribution in [2.75, 3.05) is 7.05 Å². The molecule has 8 heteroatoms. The van der Waals surface area contributed by atoms with E-state index in [4.69, 9.17) is 16.3 Å². The number of hydrogen-bond donors (Lipinski definition) is 0. The number of carbonyl (C=O) groups is 1. The van der Waals surface area contributed by atoms with Crippen molar-refractivity contribution in [1.82, 2.24) is 9.47 Å². The van der Waals surface area contributed by atoms with Gasteiger partial charge < -0.3 is 14.2 Å². The van der Waals surface area contributed by atoms with Crippen LogP contribution in [0, 0.1) is 0 Å². The largest absolute Gasteiger partial charge is 0.459 e. The number of benzene rings is 1. The molecule has 2 bridgehead atoms. The van der Waals surface area contributed by atoms with Gasteiger partial charge in [-0.25, -0.2) is 4.79 Å². The predicted molar refractivity (Wildman–Crippen MR) is 96.0 cm³/mol. The van der Waals surface area contributed by atoms with Gasteiger partial charge >= 0.3 is 12.1 Å². The van der Waals surface area contributed by atoms with Crippen LogP contribution in [0.25, 0.3) is 10.9 Å². The van der Waals surface area contributed by atoms with Crippen LogP contribution in [0.2, 0.25) is 5.15 Å². The van der Waals surface area contributed by atoms with E-state index in [2.05, 4.69) is 11.9 Å². The van der Waals surface area contributed by atoms with Crippen LogP contribution in [0.1, 0.15) is 36.0 Å². The van der Waals surface area contributed by atoms with Gasteiger partial charge in [0.25, 0.3) is 0 Å². The summed E-state index contributed by atoms with van der Waals surface area (Å²) in [7, 11) is 2.09. The molecule has 0 spiro atoms. The zero-order valence-corrected chi connectivity index (χ0v) is 15.6. The number of esters is 1. The molecule has 27 heavy (non-hydrogen) atoms. The molecule has 0 amide bonds. The summed E-state index contributed by atoms with van der Waals surface area (Å²) in [6.45, 7) is -1.25. The van der Waals surface area contributed by atoms with Gasteiger partial charge in [0.1, 0.15) is 23.4 Å². The predicted octanol–water partition coefficient (Wildman–Crippen LogP) is 4.64. The number of fused-ring (bicyclic) bond motifs is 3. The maximum Gasteiger partial charge on any atom is 0.406 e. The van der Waals surface area contributed by atoms with Gasteiger partial charge in [0.15, 0.2) is 0 Å². The lowest BCUT2D eigenvalue weighted by molar-refractivity contribution is -0.139. The summed E-state index contributed by atoms with van der Waals surface area (Å²) in [4.78, 5) is 15.2. The highest BCUT2D eigenvalue weighted by Crippen LogP contribution is 2.37. The van der Waals surface area contributed by atoms with E-state index < -0.39 is 18.7 Å². The van der Waals surface area contributed by atoms with Gasteiger partial charge in [0.2, 0.25) is 0 Å². The topological polar surface area (TPSA) is 34.5 Å². The van der Waals surface area contributed by atoms with Crippen LogP contribution in [-0.2, 0) is 11.3 Å². The average molecular weight is 401 g/mol. The number of nitrogens with zero attached hydrogens (tertiary/aromatic N) is 2. The van der Waals surface area contributed by atoms with Crippen LogP contribution in [0.4, 0.5) is 13.2 Å². The quantitative estimate of drug-likeness (QED) is 0.704. The Hall–Kier alpha value is -1.73. The number of piperidine rings is 1. The standard InChI is InChI=1S/C19H20ClF3N2O2/c1-24-11-6-7-12(24)9-13(8-11)27-18(26)16-14-4-2-3-5-15(14)25(17(16)20)10-19(21,22)23/h2-5,11-13H,6-10H2,1H3/t11-,12+,13?. The Morgan fingerprint density at radius 3 is 2.48 bits per heavy atom. The minimum Gasteiger partial charge on any atom is -0.459 e. The summed E-state index contributed by atoms with van der Waals surface area (Å²) >= 11 is 6.22. The molecular formula is C19H20ClF3N2O2. The fourth-order valence-electron chi connectivity index (χ4n) is 4.47. The highest BCUT2D eigenvalue weighted by Gasteiger charge is 2.40. The molecule has 1 aromatic heterocycles. The second-order valence-corrected chi connectivity index (χ2v) is 7.79. The minimum atomic E-state index is -4.44. The van der Waals surface area contributed by atoms with E-state index >= 15 is 0 Å². The normalized spacial score (nSPS) is 25.9. The molecule has 146 valence electrons. The summed E-state index contributed by atoms with van der Waals surface area (Å²) in [6, 6.07) is 7.20. The second-order valence-electron chi connectivity index (χ2n) is 7.43. The van der Waals surface area contributed by atoms with Crippen molar-refractivity contribution in [1.29, 1.82) is 0 Å². The highest BCUT2D eigenvalue weighted by molar-refractivity contribution is 6.35. The molecule has 1 unspecified atom stereocenters. The van der Waals surface area contributed by atoms with Gasteiger partial charge in [0.05, 0.1) is 5.52 Å². The number of para-hydroxylation sites is 1. The number of ether oxygens (including phenoxy) is 1. The first-order valence-corrected chi connectivity index (χ1v) is 9.39. The number of aromatic nitrogens is 1.